The van der Waals surface area contributed by atoms with Crippen LogP contribution in [0.5, 0.6) is 5.75 Å². The lowest BCUT2D eigenvalue weighted by Gasteiger charge is -2.56. The molecule has 0 saturated heterocycles. The SMILES string of the molecule is Cc1c(OC(=O)c2cccn3c(N=C(c4ccccc4)c4ccccc4)cnc23)cnn1CC12CC3CC(CC(C3)C1)C2. The van der Waals surface area contributed by atoms with Crippen molar-refractivity contribution in [3.05, 3.63) is 114 Å². The second-order valence-corrected chi connectivity index (χ2v) is 13.0. The lowest BCUT2D eigenvalue weighted by atomic mass is 9.49. The van der Waals surface area contributed by atoms with E-state index in [0.717, 1.165) is 46.8 Å². The summed E-state index contributed by atoms with van der Waals surface area (Å²) in [6.45, 7) is 2.93. The van der Waals surface area contributed by atoms with Gasteiger partial charge in [0.15, 0.2) is 17.2 Å². The number of benzene rings is 2. The van der Waals surface area contributed by atoms with Crippen LogP contribution in [0.2, 0.25) is 0 Å². The number of rotatable bonds is 7. The lowest BCUT2D eigenvalue weighted by Crippen LogP contribution is -2.48. The van der Waals surface area contributed by atoms with Gasteiger partial charge in [-0.1, -0.05) is 60.7 Å². The molecule has 4 fully saturated rings. The number of hydrogen-bond donors (Lipinski definition) is 0. The normalized spacial score (nSPS) is 23.9. The summed E-state index contributed by atoms with van der Waals surface area (Å²) in [5.41, 5.74) is 4.98. The average Bonchev–Trinajstić information content (AvgIpc) is 3.58. The van der Waals surface area contributed by atoms with Crippen LogP contribution in [0, 0.1) is 30.1 Å². The molecule has 4 saturated carbocycles. The van der Waals surface area contributed by atoms with Crippen molar-refractivity contribution in [2.45, 2.75) is 52.0 Å². The number of aromatic nitrogens is 4. The highest BCUT2D eigenvalue weighted by Crippen LogP contribution is 2.60. The van der Waals surface area contributed by atoms with Crippen molar-refractivity contribution in [1.82, 2.24) is 19.2 Å². The van der Waals surface area contributed by atoms with Crippen LogP contribution in [0.3, 0.4) is 0 Å². The van der Waals surface area contributed by atoms with Crippen molar-refractivity contribution >= 4 is 23.1 Å². The topological polar surface area (TPSA) is 73.8 Å². The number of fused-ring (bicyclic) bond motifs is 1. The first-order chi connectivity index (χ1) is 21.0. The van der Waals surface area contributed by atoms with Gasteiger partial charge in [-0.3, -0.25) is 9.08 Å². The molecule has 0 spiro atoms. The molecule has 3 heterocycles. The molecule has 9 rings (SSSR count). The zero-order chi connectivity index (χ0) is 29.0. The Morgan fingerprint density at radius 1 is 0.884 bits per heavy atom. The maximum absolute atomic E-state index is 13.5. The van der Waals surface area contributed by atoms with E-state index in [9.17, 15) is 4.79 Å². The van der Waals surface area contributed by atoms with Gasteiger partial charge in [0, 0.05) is 23.9 Å². The number of pyridine rings is 1. The quantitative estimate of drug-likeness (QED) is 0.151. The van der Waals surface area contributed by atoms with Gasteiger partial charge in [-0.05, 0) is 80.8 Å². The summed E-state index contributed by atoms with van der Waals surface area (Å²) in [5.74, 6) is 3.36. The third-order valence-corrected chi connectivity index (χ3v) is 9.97. The number of carbonyl (C=O) groups excluding carboxylic acids is 1. The molecule has 0 unspecified atom stereocenters. The van der Waals surface area contributed by atoms with Crippen molar-refractivity contribution in [3.63, 3.8) is 0 Å². The number of aliphatic imine (C=N–C) groups is 1. The Morgan fingerprint density at radius 3 is 2.14 bits per heavy atom. The molecule has 0 atom stereocenters. The van der Waals surface area contributed by atoms with Crippen LogP contribution < -0.4 is 4.74 Å². The molecule has 7 heteroatoms. The minimum atomic E-state index is -0.449. The van der Waals surface area contributed by atoms with Gasteiger partial charge in [-0.15, -0.1) is 0 Å². The number of nitrogens with zero attached hydrogens (tertiary/aromatic N) is 5. The van der Waals surface area contributed by atoms with Gasteiger partial charge in [-0.25, -0.2) is 14.8 Å². The van der Waals surface area contributed by atoms with E-state index < -0.39 is 5.97 Å². The van der Waals surface area contributed by atoms with E-state index in [-0.39, 0.29) is 0 Å². The Morgan fingerprint density at radius 2 is 1.51 bits per heavy atom. The van der Waals surface area contributed by atoms with E-state index in [4.69, 9.17) is 14.8 Å². The minimum Gasteiger partial charge on any atom is -0.419 e. The molecular formula is C36H35N5O2. The molecule has 7 nitrogen and oxygen atoms in total. The third kappa shape index (κ3) is 4.77. The van der Waals surface area contributed by atoms with Crippen molar-refractivity contribution < 1.29 is 9.53 Å². The molecule has 2 aromatic carbocycles. The van der Waals surface area contributed by atoms with Gasteiger partial charge >= 0.3 is 5.97 Å². The fourth-order valence-electron chi connectivity index (χ4n) is 8.49. The van der Waals surface area contributed by atoms with Gasteiger partial charge < -0.3 is 4.74 Å². The first-order valence-corrected chi connectivity index (χ1v) is 15.4. The molecule has 0 N–H and O–H groups in total. The summed E-state index contributed by atoms with van der Waals surface area (Å²) in [7, 11) is 0. The fraction of sp³-hybridized carbons (Fsp3) is 0.333. The van der Waals surface area contributed by atoms with Crippen molar-refractivity contribution in [1.29, 1.82) is 0 Å². The predicted molar refractivity (Wildman–Crippen MR) is 166 cm³/mol. The van der Waals surface area contributed by atoms with Crippen molar-refractivity contribution in [3.8, 4) is 5.75 Å². The molecule has 0 amide bonds. The first-order valence-electron chi connectivity index (χ1n) is 15.4. The number of imidazole rings is 1. The Bertz CT molecular complexity index is 1760. The Balaban J connectivity index is 1.07. The predicted octanol–water partition coefficient (Wildman–Crippen LogP) is 7.44. The molecule has 216 valence electrons. The summed E-state index contributed by atoms with van der Waals surface area (Å²) in [6, 6.07) is 23.8. The zero-order valence-electron chi connectivity index (χ0n) is 24.4. The summed E-state index contributed by atoms with van der Waals surface area (Å²) in [5, 5.41) is 4.70. The smallest absolute Gasteiger partial charge is 0.347 e. The second-order valence-electron chi connectivity index (χ2n) is 13.0. The Hall–Kier alpha value is -4.52. The van der Waals surface area contributed by atoms with Crippen LogP contribution in [-0.4, -0.2) is 30.8 Å². The molecule has 4 aliphatic carbocycles. The fourth-order valence-corrected chi connectivity index (χ4v) is 8.49. The van der Waals surface area contributed by atoms with Crippen LogP contribution in [-0.2, 0) is 6.54 Å². The van der Waals surface area contributed by atoms with Crippen LogP contribution in [0.15, 0.2) is 96.4 Å². The van der Waals surface area contributed by atoms with E-state index in [1.54, 1.807) is 18.5 Å². The van der Waals surface area contributed by atoms with Gasteiger partial charge in [0.1, 0.15) is 5.56 Å². The highest BCUT2D eigenvalue weighted by Gasteiger charge is 2.51. The number of hydrogen-bond acceptors (Lipinski definition) is 5. The van der Waals surface area contributed by atoms with E-state index in [1.807, 2.05) is 84.3 Å². The standard InChI is InChI=1S/C36H35N5O2/c1-24-31(21-38-41(24)23-36-18-25-15-26(19-36)17-27(16-25)20-36)43-35(42)30-13-8-14-40-32(22-37-34(30)40)39-33(28-9-4-2-5-10-28)29-11-6-3-7-12-29/h2-14,21-22,25-27H,15-20,23H2,1H3. The summed E-state index contributed by atoms with van der Waals surface area (Å²) >= 11 is 0. The molecular weight excluding hydrogens is 534 g/mol. The third-order valence-electron chi connectivity index (χ3n) is 9.97. The van der Waals surface area contributed by atoms with E-state index >= 15 is 0 Å². The Labute approximate surface area is 251 Å². The van der Waals surface area contributed by atoms with Gasteiger partial charge in [0.25, 0.3) is 0 Å². The number of ether oxygens (including phenoxy) is 1. The highest BCUT2D eigenvalue weighted by molar-refractivity contribution is 6.13. The summed E-state index contributed by atoms with van der Waals surface area (Å²) in [4.78, 5) is 23.2. The molecule has 0 radical (unpaired) electrons. The molecule has 3 aromatic heterocycles. The zero-order valence-corrected chi connectivity index (χ0v) is 24.4. The van der Waals surface area contributed by atoms with E-state index in [1.165, 1.54) is 38.5 Å². The lowest BCUT2D eigenvalue weighted by molar-refractivity contribution is -0.0638. The monoisotopic (exact) mass is 569 g/mol. The molecule has 4 aliphatic rings. The number of esters is 1. The highest BCUT2D eigenvalue weighted by atomic mass is 16.5. The van der Waals surface area contributed by atoms with Gasteiger partial charge in [-0.2, -0.15) is 5.10 Å². The van der Waals surface area contributed by atoms with Crippen molar-refractivity contribution in [2.75, 3.05) is 0 Å². The number of carbonyl (C=O) groups is 1. The molecule has 43 heavy (non-hydrogen) atoms. The summed E-state index contributed by atoms with van der Waals surface area (Å²) < 4.78 is 9.87. The van der Waals surface area contributed by atoms with Crippen LogP contribution in [0.4, 0.5) is 5.82 Å². The molecule has 4 bridgehead atoms. The molecule has 5 aromatic rings. The largest absolute Gasteiger partial charge is 0.419 e. The molecule has 0 aliphatic heterocycles. The first kappa shape index (κ1) is 26.1. The van der Waals surface area contributed by atoms with Crippen molar-refractivity contribution in [2.24, 2.45) is 28.2 Å². The maximum Gasteiger partial charge on any atom is 0.347 e. The van der Waals surface area contributed by atoms with E-state index in [0.29, 0.717) is 28.2 Å². The van der Waals surface area contributed by atoms with Crippen LogP contribution in [0.1, 0.15) is 65.7 Å². The van der Waals surface area contributed by atoms with Crippen LogP contribution >= 0.6 is 0 Å². The van der Waals surface area contributed by atoms with Gasteiger partial charge in [0.2, 0.25) is 0 Å². The second kappa shape index (κ2) is 10.3. The van der Waals surface area contributed by atoms with Gasteiger partial charge in [0.05, 0.1) is 23.8 Å². The maximum atomic E-state index is 13.5. The Kier molecular flexibility index (Phi) is 6.28. The van der Waals surface area contributed by atoms with Crippen LogP contribution in [0.25, 0.3) is 5.65 Å². The average molecular weight is 570 g/mol. The minimum absolute atomic E-state index is 0.351. The van der Waals surface area contributed by atoms with E-state index in [2.05, 4.69) is 9.67 Å². The summed E-state index contributed by atoms with van der Waals surface area (Å²) in [6.07, 6.45) is 13.5.